The number of amides is 1. The molecular weight excluding hydrogens is 549 g/mol. The molecule has 1 aromatic carbocycles. The van der Waals surface area contributed by atoms with E-state index in [1.54, 1.807) is 16.4 Å². The fourth-order valence-electron chi connectivity index (χ4n) is 4.01. The van der Waals surface area contributed by atoms with Gasteiger partial charge >= 0.3 is 6.09 Å². The molecule has 1 heterocycles. The predicted molar refractivity (Wildman–Crippen MR) is 151 cm³/mol. The first-order valence-electron chi connectivity index (χ1n) is 12.7. The van der Waals surface area contributed by atoms with Crippen molar-refractivity contribution in [2.75, 3.05) is 12.9 Å². The Morgan fingerprint density at radius 2 is 1.79 bits per heavy atom. The molecule has 0 aliphatic heterocycles. The average molecular weight is 590 g/mol. The molecule has 8 nitrogen and oxygen atoms in total. The minimum absolute atomic E-state index is 0.0868. The second-order valence-electron chi connectivity index (χ2n) is 11.4. The molecule has 0 N–H and O–H groups in total. The zero-order chi connectivity index (χ0) is 29.0. The molecule has 0 aliphatic carbocycles. The molecule has 0 saturated heterocycles. The summed E-state index contributed by atoms with van der Waals surface area (Å²) in [6, 6.07) is 4.71. The number of halogens is 2. The van der Waals surface area contributed by atoms with Crippen molar-refractivity contribution in [3.63, 3.8) is 0 Å². The van der Waals surface area contributed by atoms with Crippen LogP contribution in [0.3, 0.4) is 0 Å². The van der Waals surface area contributed by atoms with E-state index >= 15 is 0 Å². The van der Waals surface area contributed by atoms with Crippen molar-refractivity contribution in [2.24, 2.45) is 0 Å². The number of hydrogen-bond acceptors (Lipinski definition) is 6. The third kappa shape index (κ3) is 9.06. The van der Waals surface area contributed by atoms with Crippen LogP contribution in [0.4, 0.5) is 9.18 Å². The average Bonchev–Trinajstić information content (AvgIpc) is 3.04. The zero-order valence-corrected chi connectivity index (χ0v) is 26.4. The van der Waals surface area contributed by atoms with Gasteiger partial charge < -0.3 is 18.9 Å². The number of carbonyl (C=O) groups is 1. The van der Waals surface area contributed by atoms with Gasteiger partial charge in [0.15, 0.2) is 21.8 Å². The molecule has 1 aromatic heterocycles. The van der Waals surface area contributed by atoms with Gasteiger partial charge in [0.25, 0.3) is 0 Å². The molecular formula is C26H41ClFN3O5SSi. The minimum atomic E-state index is -3.41. The second kappa shape index (κ2) is 12.9. The van der Waals surface area contributed by atoms with Crippen LogP contribution in [0.25, 0.3) is 0 Å². The van der Waals surface area contributed by atoms with Gasteiger partial charge in [-0.2, -0.15) is 0 Å². The standard InChI is InChI=1S/C26H41ClFN3O5SSi/c1-17(2)31(18(3)4)26(32)36-24(20-10-11-22(28)21(27)14-20)25-29-23(15-37(6,33)34)19(5)30(25)16-35-12-13-38(7,8)9/h10-11,14,17-18,24H,12-13,15-16H2,1-9H3. The predicted octanol–water partition coefficient (Wildman–Crippen LogP) is 6.19. The van der Waals surface area contributed by atoms with Crippen molar-refractivity contribution in [3.05, 3.63) is 51.8 Å². The van der Waals surface area contributed by atoms with E-state index in [9.17, 15) is 17.6 Å². The van der Waals surface area contributed by atoms with E-state index in [0.717, 1.165) is 12.3 Å². The Balaban J connectivity index is 2.64. The van der Waals surface area contributed by atoms with Gasteiger partial charge in [0.2, 0.25) is 0 Å². The first-order valence-corrected chi connectivity index (χ1v) is 18.8. The number of sulfone groups is 1. The Hall–Kier alpha value is -1.95. The molecule has 12 heteroatoms. The summed E-state index contributed by atoms with van der Waals surface area (Å²) in [7, 11) is -4.75. The SMILES string of the molecule is Cc1c(CS(C)(=O)=O)nc(C(OC(=O)N(C(C)C)C(C)C)c2ccc(F)c(Cl)c2)n1COCC[Si](C)(C)C. The Morgan fingerprint density at radius 1 is 1.18 bits per heavy atom. The summed E-state index contributed by atoms with van der Waals surface area (Å²) in [6.45, 7) is 16.6. The number of imidazole rings is 1. The van der Waals surface area contributed by atoms with Crippen LogP contribution in [0.2, 0.25) is 30.7 Å². The van der Waals surface area contributed by atoms with Gasteiger partial charge in [-0.05, 0) is 52.8 Å². The van der Waals surface area contributed by atoms with Crippen molar-refractivity contribution < 1.29 is 27.1 Å². The third-order valence-electron chi connectivity index (χ3n) is 5.99. The van der Waals surface area contributed by atoms with Crippen LogP contribution in [0.15, 0.2) is 18.2 Å². The van der Waals surface area contributed by atoms with E-state index in [1.807, 2.05) is 27.7 Å². The quantitative estimate of drug-likeness (QED) is 0.217. The number of benzene rings is 1. The summed E-state index contributed by atoms with van der Waals surface area (Å²) in [6.07, 6.45) is -0.541. The smallest absolute Gasteiger partial charge is 0.411 e. The highest BCUT2D eigenvalue weighted by molar-refractivity contribution is 7.89. The van der Waals surface area contributed by atoms with Crippen LogP contribution in [0.5, 0.6) is 0 Å². The van der Waals surface area contributed by atoms with Gasteiger partial charge in [0, 0.05) is 44.3 Å². The highest BCUT2D eigenvalue weighted by Crippen LogP contribution is 2.32. The first kappa shape index (κ1) is 32.3. The maximum atomic E-state index is 14.0. The van der Waals surface area contributed by atoms with E-state index in [4.69, 9.17) is 21.1 Å². The molecule has 2 rings (SSSR count). The van der Waals surface area contributed by atoms with E-state index in [2.05, 4.69) is 24.6 Å². The van der Waals surface area contributed by atoms with Crippen LogP contribution in [0.1, 0.15) is 56.6 Å². The fraction of sp³-hybridized carbons (Fsp3) is 0.615. The number of aromatic nitrogens is 2. The molecule has 1 amide bonds. The summed E-state index contributed by atoms with van der Waals surface area (Å²) in [4.78, 5) is 19.6. The first-order chi connectivity index (χ1) is 17.4. The maximum absolute atomic E-state index is 14.0. The van der Waals surface area contributed by atoms with Gasteiger partial charge in [-0.15, -0.1) is 0 Å². The number of hydrogen-bond donors (Lipinski definition) is 0. The number of carbonyl (C=O) groups excluding carboxylic acids is 1. The van der Waals surface area contributed by atoms with Gasteiger partial charge in [-0.1, -0.05) is 37.3 Å². The molecule has 0 fully saturated rings. The molecule has 214 valence electrons. The highest BCUT2D eigenvalue weighted by atomic mass is 35.5. The zero-order valence-electron chi connectivity index (χ0n) is 23.8. The van der Waals surface area contributed by atoms with Crippen LogP contribution in [0, 0.1) is 12.7 Å². The second-order valence-corrected chi connectivity index (χ2v) is 19.5. The normalized spacial score (nSPS) is 13.3. The van der Waals surface area contributed by atoms with Gasteiger partial charge in [-0.3, -0.25) is 0 Å². The van der Waals surface area contributed by atoms with Crippen molar-refractivity contribution in [2.45, 2.75) is 91.0 Å². The van der Waals surface area contributed by atoms with E-state index < -0.39 is 35.9 Å². The molecule has 1 atom stereocenters. The van der Waals surface area contributed by atoms with Crippen LogP contribution < -0.4 is 0 Å². The summed E-state index contributed by atoms with van der Waals surface area (Å²) in [5, 5.41) is -0.134. The van der Waals surface area contributed by atoms with Crippen molar-refractivity contribution in [1.29, 1.82) is 0 Å². The van der Waals surface area contributed by atoms with Gasteiger partial charge in [0.05, 0.1) is 16.5 Å². The molecule has 38 heavy (non-hydrogen) atoms. The van der Waals surface area contributed by atoms with Crippen molar-refractivity contribution in [3.8, 4) is 0 Å². The van der Waals surface area contributed by atoms with Crippen molar-refractivity contribution >= 4 is 35.6 Å². The highest BCUT2D eigenvalue weighted by Gasteiger charge is 2.32. The lowest BCUT2D eigenvalue weighted by Gasteiger charge is -2.31. The molecule has 0 bridgehead atoms. The maximum Gasteiger partial charge on any atom is 0.411 e. The Bertz CT molecular complexity index is 1220. The Morgan fingerprint density at radius 3 is 2.29 bits per heavy atom. The molecule has 2 aromatic rings. The lowest BCUT2D eigenvalue weighted by atomic mass is 10.1. The molecule has 0 aliphatic rings. The number of nitrogens with zero attached hydrogens (tertiary/aromatic N) is 3. The van der Waals surface area contributed by atoms with E-state index in [1.165, 1.54) is 18.2 Å². The molecule has 0 spiro atoms. The Labute approximate surface area is 232 Å². The third-order valence-corrected chi connectivity index (χ3v) is 8.78. The molecule has 0 saturated carbocycles. The van der Waals surface area contributed by atoms with Crippen LogP contribution >= 0.6 is 11.6 Å². The number of rotatable bonds is 12. The summed E-state index contributed by atoms with van der Waals surface area (Å²) >= 11 is 6.10. The van der Waals surface area contributed by atoms with Gasteiger partial charge in [-0.25, -0.2) is 22.6 Å². The lowest BCUT2D eigenvalue weighted by Crippen LogP contribution is -2.43. The van der Waals surface area contributed by atoms with Gasteiger partial charge in [0.1, 0.15) is 12.5 Å². The molecule has 0 radical (unpaired) electrons. The Kier molecular flexibility index (Phi) is 11.0. The van der Waals surface area contributed by atoms with Crippen LogP contribution in [-0.4, -0.2) is 62.0 Å². The summed E-state index contributed by atoms with van der Waals surface area (Å²) < 4.78 is 52.1. The minimum Gasteiger partial charge on any atom is -0.433 e. The summed E-state index contributed by atoms with van der Waals surface area (Å²) in [5.74, 6) is -0.626. The van der Waals surface area contributed by atoms with Crippen molar-refractivity contribution in [1.82, 2.24) is 14.5 Å². The summed E-state index contributed by atoms with van der Waals surface area (Å²) in [5.41, 5.74) is 1.31. The largest absolute Gasteiger partial charge is 0.433 e. The molecule has 1 unspecified atom stereocenters. The fourth-order valence-corrected chi connectivity index (χ4v) is 5.73. The van der Waals surface area contributed by atoms with Crippen LogP contribution in [-0.2, 0) is 31.8 Å². The van der Waals surface area contributed by atoms with E-state index in [0.29, 0.717) is 23.6 Å². The lowest BCUT2D eigenvalue weighted by molar-refractivity contribution is 0.0455. The topological polar surface area (TPSA) is 90.7 Å². The van der Waals surface area contributed by atoms with E-state index in [-0.39, 0.29) is 35.4 Å². The number of ether oxygens (including phenoxy) is 2. The monoisotopic (exact) mass is 589 g/mol.